The third-order valence-corrected chi connectivity index (χ3v) is 3.56. The first-order chi connectivity index (χ1) is 5.82. The maximum atomic E-state index is 9.15. The summed E-state index contributed by atoms with van der Waals surface area (Å²) >= 11 is 1.71. The van der Waals surface area contributed by atoms with Crippen LogP contribution >= 0.6 is 11.3 Å². The molecular weight excluding hydrogens is 170 g/mol. The first kappa shape index (κ1) is 8.23. The summed E-state index contributed by atoms with van der Waals surface area (Å²) in [4.78, 5) is 0. The van der Waals surface area contributed by atoms with Crippen LogP contribution in [0.4, 0.5) is 0 Å². The Labute approximate surface area is 76.0 Å². The normalized spacial score (nSPS) is 33.7. The zero-order valence-electron chi connectivity index (χ0n) is 6.86. The minimum atomic E-state index is 0.0150. The molecule has 0 spiro atoms. The van der Waals surface area contributed by atoms with E-state index in [1.807, 2.05) is 0 Å². The van der Waals surface area contributed by atoms with Crippen LogP contribution in [-0.4, -0.2) is 18.3 Å². The maximum absolute atomic E-state index is 9.15. The van der Waals surface area contributed by atoms with Crippen molar-refractivity contribution in [2.24, 2.45) is 11.1 Å². The standard InChI is InChI=1S/C9H13NOS/c10-5-9(6-11)3-8(9)7-1-2-12-4-7/h1-2,4,8,11H,3,5-6,10H2/t8-,9-/m0/s1. The van der Waals surface area contributed by atoms with Crippen molar-refractivity contribution < 1.29 is 5.11 Å². The van der Waals surface area contributed by atoms with E-state index in [0.29, 0.717) is 12.5 Å². The molecule has 66 valence electrons. The van der Waals surface area contributed by atoms with Gasteiger partial charge in [-0.2, -0.15) is 11.3 Å². The molecule has 0 radical (unpaired) electrons. The molecule has 2 nitrogen and oxygen atoms in total. The second kappa shape index (κ2) is 2.83. The number of nitrogens with two attached hydrogens (primary N) is 1. The Kier molecular flexibility index (Phi) is 1.94. The molecule has 0 aromatic carbocycles. The Morgan fingerprint density at radius 3 is 3.00 bits per heavy atom. The van der Waals surface area contributed by atoms with Crippen molar-refractivity contribution in [3.8, 4) is 0 Å². The van der Waals surface area contributed by atoms with E-state index < -0.39 is 0 Å². The third kappa shape index (κ3) is 1.09. The lowest BCUT2D eigenvalue weighted by molar-refractivity contribution is 0.212. The first-order valence-corrected chi connectivity index (χ1v) is 5.10. The summed E-state index contributed by atoms with van der Waals surface area (Å²) in [7, 11) is 0. The van der Waals surface area contributed by atoms with Crippen LogP contribution in [0.15, 0.2) is 16.8 Å². The second-order valence-electron chi connectivity index (χ2n) is 3.54. The van der Waals surface area contributed by atoms with Crippen molar-refractivity contribution in [3.05, 3.63) is 22.4 Å². The molecule has 0 aliphatic heterocycles. The number of hydrogen-bond donors (Lipinski definition) is 2. The van der Waals surface area contributed by atoms with Crippen molar-refractivity contribution in [1.82, 2.24) is 0 Å². The van der Waals surface area contributed by atoms with E-state index in [1.165, 1.54) is 5.56 Å². The van der Waals surface area contributed by atoms with Crippen molar-refractivity contribution in [3.63, 3.8) is 0 Å². The largest absolute Gasteiger partial charge is 0.396 e. The molecule has 0 bridgehead atoms. The Hall–Kier alpha value is -0.380. The lowest BCUT2D eigenvalue weighted by Crippen LogP contribution is -2.21. The van der Waals surface area contributed by atoms with E-state index in [2.05, 4.69) is 16.8 Å². The molecule has 0 amide bonds. The van der Waals surface area contributed by atoms with Gasteiger partial charge in [-0.15, -0.1) is 0 Å². The summed E-state index contributed by atoms with van der Waals surface area (Å²) in [5.74, 6) is 0.513. The van der Waals surface area contributed by atoms with Gasteiger partial charge in [0.2, 0.25) is 0 Å². The van der Waals surface area contributed by atoms with Gasteiger partial charge in [-0.1, -0.05) is 0 Å². The molecule has 1 aliphatic rings. The molecule has 3 heteroatoms. The van der Waals surface area contributed by atoms with E-state index in [1.54, 1.807) is 11.3 Å². The molecule has 2 atom stereocenters. The number of thiophene rings is 1. The Morgan fingerprint density at radius 1 is 1.75 bits per heavy atom. The highest BCUT2D eigenvalue weighted by atomic mass is 32.1. The fourth-order valence-electron chi connectivity index (χ4n) is 1.76. The average Bonchev–Trinajstić information content (AvgIpc) is 2.59. The van der Waals surface area contributed by atoms with E-state index in [-0.39, 0.29) is 12.0 Å². The van der Waals surface area contributed by atoms with Crippen molar-refractivity contribution in [1.29, 1.82) is 0 Å². The Morgan fingerprint density at radius 2 is 2.58 bits per heavy atom. The van der Waals surface area contributed by atoms with Gasteiger partial charge in [0.05, 0.1) is 6.61 Å². The molecule has 1 aromatic rings. The minimum Gasteiger partial charge on any atom is -0.396 e. The molecular formula is C9H13NOS. The van der Waals surface area contributed by atoms with Gasteiger partial charge in [0.15, 0.2) is 0 Å². The predicted molar refractivity (Wildman–Crippen MR) is 50.3 cm³/mol. The van der Waals surface area contributed by atoms with Gasteiger partial charge < -0.3 is 10.8 Å². The van der Waals surface area contributed by atoms with Crippen LogP contribution in [0, 0.1) is 5.41 Å². The highest BCUT2D eigenvalue weighted by molar-refractivity contribution is 7.08. The molecule has 3 N–H and O–H groups in total. The van der Waals surface area contributed by atoms with Gasteiger partial charge in [-0.05, 0) is 34.7 Å². The van der Waals surface area contributed by atoms with Crippen LogP contribution < -0.4 is 5.73 Å². The molecule has 1 fully saturated rings. The van der Waals surface area contributed by atoms with Crippen molar-refractivity contribution in [2.45, 2.75) is 12.3 Å². The second-order valence-corrected chi connectivity index (χ2v) is 4.32. The summed E-state index contributed by atoms with van der Waals surface area (Å²) in [5.41, 5.74) is 6.98. The molecule has 0 unspecified atom stereocenters. The lowest BCUT2D eigenvalue weighted by Gasteiger charge is -2.09. The molecule has 0 saturated heterocycles. The fraction of sp³-hybridized carbons (Fsp3) is 0.556. The van der Waals surface area contributed by atoms with Crippen LogP contribution in [0.25, 0.3) is 0 Å². The van der Waals surface area contributed by atoms with Gasteiger partial charge in [-0.3, -0.25) is 0 Å². The molecule has 1 aromatic heterocycles. The summed E-state index contributed by atoms with van der Waals surface area (Å²) in [6.45, 7) is 0.827. The highest BCUT2D eigenvalue weighted by Gasteiger charge is 2.53. The van der Waals surface area contributed by atoms with Crippen LogP contribution in [0.5, 0.6) is 0 Å². The number of hydrogen-bond acceptors (Lipinski definition) is 3. The topological polar surface area (TPSA) is 46.2 Å². The van der Waals surface area contributed by atoms with Gasteiger partial charge >= 0.3 is 0 Å². The maximum Gasteiger partial charge on any atom is 0.0505 e. The van der Waals surface area contributed by atoms with Crippen LogP contribution in [0.3, 0.4) is 0 Å². The van der Waals surface area contributed by atoms with Crippen LogP contribution in [0.1, 0.15) is 17.9 Å². The Bertz CT molecular complexity index is 254. The summed E-state index contributed by atoms with van der Waals surface area (Å²) in [6.07, 6.45) is 1.05. The molecule has 1 heterocycles. The monoisotopic (exact) mass is 183 g/mol. The zero-order chi connectivity index (χ0) is 8.60. The van der Waals surface area contributed by atoms with Crippen molar-refractivity contribution >= 4 is 11.3 Å². The molecule has 1 aliphatic carbocycles. The highest BCUT2D eigenvalue weighted by Crippen LogP contribution is 2.58. The quantitative estimate of drug-likeness (QED) is 0.739. The van der Waals surface area contributed by atoms with E-state index in [4.69, 9.17) is 10.8 Å². The molecule has 12 heavy (non-hydrogen) atoms. The van der Waals surface area contributed by atoms with Gasteiger partial charge in [0.25, 0.3) is 0 Å². The smallest absolute Gasteiger partial charge is 0.0505 e. The number of aliphatic hydroxyl groups is 1. The fourth-order valence-corrected chi connectivity index (χ4v) is 2.47. The zero-order valence-corrected chi connectivity index (χ0v) is 7.68. The first-order valence-electron chi connectivity index (χ1n) is 4.15. The predicted octanol–water partition coefficient (Wildman–Crippen LogP) is 1.17. The minimum absolute atomic E-state index is 0.0150. The van der Waals surface area contributed by atoms with Gasteiger partial charge in [-0.25, -0.2) is 0 Å². The summed E-state index contributed by atoms with van der Waals surface area (Å²) < 4.78 is 0. The van der Waals surface area contributed by atoms with Gasteiger partial charge in [0, 0.05) is 12.0 Å². The van der Waals surface area contributed by atoms with E-state index >= 15 is 0 Å². The number of aliphatic hydroxyl groups excluding tert-OH is 1. The lowest BCUT2D eigenvalue weighted by atomic mass is 10.0. The third-order valence-electron chi connectivity index (χ3n) is 2.86. The molecule has 1 saturated carbocycles. The van der Waals surface area contributed by atoms with E-state index in [9.17, 15) is 0 Å². The van der Waals surface area contributed by atoms with Crippen LogP contribution in [-0.2, 0) is 0 Å². The Balaban J connectivity index is 2.12. The molecule has 2 rings (SSSR count). The summed E-state index contributed by atoms with van der Waals surface area (Å²) in [5, 5.41) is 13.4. The van der Waals surface area contributed by atoms with Gasteiger partial charge in [0.1, 0.15) is 0 Å². The average molecular weight is 183 g/mol. The SMILES string of the molecule is NC[C@]1(CO)C[C@H]1c1ccsc1. The van der Waals surface area contributed by atoms with E-state index in [0.717, 1.165) is 6.42 Å². The number of rotatable bonds is 3. The van der Waals surface area contributed by atoms with Crippen LogP contribution in [0.2, 0.25) is 0 Å². The summed E-state index contributed by atoms with van der Waals surface area (Å²) in [6, 6.07) is 2.13. The van der Waals surface area contributed by atoms with Crippen molar-refractivity contribution in [2.75, 3.05) is 13.2 Å².